The Labute approximate surface area is 108 Å². The molecule has 0 spiro atoms. The molecule has 19 heavy (non-hydrogen) atoms. The van der Waals surface area contributed by atoms with Gasteiger partial charge in [-0.2, -0.15) is 18.2 Å². The van der Waals surface area contributed by atoms with E-state index in [1.165, 1.54) is 0 Å². The zero-order valence-electron chi connectivity index (χ0n) is 10.4. The predicted octanol–water partition coefficient (Wildman–Crippen LogP) is 2.42. The highest BCUT2D eigenvalue weighted by molar-refractivity contribution is 5.90. The summed E-state index contributed by atoms with van der Waals surface area (Å²) in [7, 11) is 0. The van der Waals surface area contributed by atoms with E-state index in [4.69, 9.17) is 0 Å². The monoisotopic (exact) mass is 276 g/mol. The number of amides is 1. The minimum Gasteiger partial charge on any atom is -0.293 e. The lowest BCUT2D eigenvalue weighted by Crippen LogP contribution is -2.34. The van der Waals surface area contributed by atoms with E-state index in [-0.39, 0.29) is 18.8 Å². The number of aromatic amines is 1. The number of rotatable bonds is 2. The SMILES string of the molecule is Cc1nc(NC(=O)C2CCCC(C(F)(F)F)C2)n[nH]1. The summed E-state index contributed by atoms with van der Waals surface area (Å²) in [6.45, 7) is 1.67. The van der Waals surface area contributed by atoms with Crippen molar-refractivity contribution in [3.05, 3.63) is 5.82 Å². The number of carbonyl (C=O) groups excluding carboxylic acids is 1. The van der Waals surface area contributed by atoms with Crippen LogP contribution in [0.25, 0.3) is 0 Å². The fraction of sp³-hybridized carbons (Fsp3) is 0.727. The second-order valence-electron chi connectivity index (χ2n) is 4.84. The lowest BCUT2D eigenvalue weighted by atomic mass is 9.80. The van der Waals surface area contributed by atoms with E-state index in [0.29, 0.717) is 18.7 Å². The van der Waals surface area contributed by atoms with Crippen LogP contribution in [-0.2, 0) is 4.79 Å². The minimum absolute atomic E-state index is 0.104. The highest BCUT2D eigenvalue weighted by Gasteiger charge is 2.43. The van der Waals surface area contributed by atoms with Gasteiger partial charge in [-0.15, -0.1) is 5.10 Å². The zero-order chi connectivity index (χ0) is 14.0. The number of aryl methyl sites for hydroxylation is 1. The highest BCUT2D eigenvalue weighted by atomic mass is 19.4. The first-order chi connectivity index (χ1) is 8.86. The van der Waals surface area contributed by atoms with Crippen LogP contribution in [0.1, 0.15) is 31.5 Å². The number of anilines is 1. The van der Waals surface area contributed by atoms with Crippen LogP contribution in [0.3, 0.4) is 0 Å². The molecule has 106 valence electrons. The number of H-pyrrole nitrogens is 1. The normalized spacial score (nSPS) is 24.2. The van der Waals surface area contributed by atoms with Gasteiger partial charge in [-0.3, -0.25) is 15.2 Å². The average molecular weight is 276 g/mol. The average Bonchev–Trinajstić information content (AvgIpc) is 2.74. The number of nitrogens with one attached hydrogen (secondary N) is 2. The highest BCUT2D eigenvalue weighted by Crippen LogP contribution is 2.40. The summed E-state index contributed by atoms with van der Waals surface area (Å²) in [4.78, 5) is 15.8. The van der Waals surface area contributed by atoms with Gasteiger partial charge in [0.15, 0.2) is 0 Å². The molecule has 2 rings (SSSR count). The maximum Gasteiger partial charge on any atom is 0.391 e. The van der Waals surface area contributed by atoms with Crippen molar-refractivity contribution in [2.24, 2.45) is 11.8 Å². The first kappa shape index (κ1) is 13.8. The molecule has 1 aliphatic carbocycles. The summed E-state index contributed by atoms with van der Waals surface area (Å²) in [5, 5.41) is 8.73. The number of hydrogen-bond donors (Lipinski definition) is 2. The van der Waals surface area contributed by atoms with Crippen molar-refractivity contribution >= 4 is 11.9 Å². The van der Waals surface area contributed by atoms with Crippen LogP contribution in [0.15, 0.2) is 0 Å². The van der Waals surface area contributed by atoms with Gasteiger partial charge in [0.1, 0.15) is 5.82 Å². The number of aromatic nitrogens is 3. The van der Waals surface area contributed by atoms with Crippen LogP contribution >= 0.6 is 0 Å². The third kappa shape index (κ3) is 3.45. The minimum atomic E-state index is -4.22. The Morgan fingerprint density at radius 2 is 2.16 bits per heavy atom. The van der Waals surface area contributed by atoms with Crippen molar-refractivity contribution in [3.63, 3.8) is 0 Å². The maximum atomic E-state index is 12.6. The van der Waals surface area contributed by atoms with E-state index in [0.717, 1.165) is 0 Å². The molecule has 0 saturated heterocycles. The van der Waals surface area contributed by atoms with Gasteiger partial charge in [-0.05, 0) is 26.2 Å². The van der Waals surface area contributed by atoms with E-state index in [1.807, 2.05) is 0 Å². The molecule has 1 amide bonds. The molecule has 1 aliphatic rings. The smallest absolute Gasteiger partial charge is 0.293 e. The van der Waals surface area contributed by atoms with Crippen molar-refractivity contribution in [1.29, 1.82) is 0 Å². The number of hydrogen-bond acceptors (Lipinski definition) is 3. The molecule has 1 aromatic rings. The molecule has 8 heteroatoms. The van der Waals surface area contributed by atoms with Gasteiger partial charge in [-0.1, -0.05) is 6.42 Å². The standard InChI is InChI=1S/C11H15F3N4O/c1-6-15-10(18-17-6)16-9(19)7-3-2-4-8(5-7)11(12,13)14/h7-8H,2-5H2,1H3,(H2,15,16,17,18,19). The Balaban J connectivity index is 1.95. The summed E-state index contributed by atoms with van der Waals surface area (Å²) in [5.74, 6) is -1.80. The predicted molar refractivity (Wildman–Crippen MR) is 61.3 cm³/mol. The number of halogens is 3. The summed E-state index contributed by atoms with van der Waals surface area (Å²) in [6.07, 6.45) is -3.39. The molecule has 0 bridgehead atoms. The zero-order valence-corrected chi connectivity index (χ0v) is 10.4. The summed E-state index contributed by atoms with van der Waals surface area (Å²) in [5.41, 5.74) is 0. The Bertz CT molecular complexity index is 457. The molecule has 0 aromatic carbocycles. The number of alkyl halides is 3. The van der Waals surface area contributed by atoms with Gasteiger partial charge in [0.05, 0.1) is 5.92 Å². The van der Waals surface area contributed by atoms with Gasteiger partial charge in [0.2, 0.25) is 11.9 Å². The third-order valence-electron chi connectivity index (χ3n) is 3.34. The first-order valence-corrected chi connectivity index (χ1v) is 6.13. The van der Waals surface area contributed by atoms with Crippen molar-refractivity contribution in [2.75, 3.05) is 5.32 Å². The molecule has 2 unspecified atom stereocenters. The molecule has 1 aromatic heterocycles. The Morgan fingerprint density at radius 1 is 1.42 bits per heavy atom. The van der Waals surface area contributed by atoms with E-state index in [1.54, 1.807) is 6.92 Å². The van der Waals surface area contributed by atoms with Crippen molar-refractivity contribution in [2.45, 2.75) is 38.8 Å². The maximum absolute atomic E-state index is 12.6. The molecule has 1 heterocycles. The van der Waals surface area contributed by atoms with Crippen LogP contribution in [0.5, 0.6) is 0 Å². The van der Waals surface area contributed by atoms with E-state index >= 15 is 0 Å². The topological polar surface area (TPSA) is 70.7 Å². The molecule has 1 fully saturated rings. The summed E-state index contributed by atoms with van der Waals surface area (Å²) >= 11 is 0. The quantitative estimate of drug-likeness (QED) is 0.871. The van der Waals surface area contributed by atoms with Crippen molar-refractivity contribution in [1.82, 2.24) is 15.2 Å². The molecular formula is C11H15F3N4O. The van der Waals surface area contributed by atoms with Crippen LogP contribution in [0.2, 0.25) is 0 Å². The fourth-order valence-corrected chi connectivity index (χ4v) is 2.34. The lowest BCUT2D eigenvalue weighted by Gasteiger charge is -2.29. The van der Waals surface area contributed by atoms with Crippen molar-refractivity contribution in [3.8, 4) is 0 Å². The van der Waals surface area contributed by atoms with Crippen LogP contribution in [0, 0.1) is 18.8 Å². The van der Waals surface area contributed by atoms with Gasteiger partial charge < -0.3 is 0 Å². The van der Waals surface area contributed by atoms with Gasteiger partial charge >= 0.3 is 6.18 Å². The number of nitrogens with zero attached hydrogens (tertiary/aromatic N) is 2. The van der Waals surface area contributed by atoms with E-state index in [2.05, 4.69) is 20.5 Å². The first-order valence-electron chi connectivity index (χ1n) is 6.13. The molecule has 2 atom stereocenters. The van der Waals surface area contributed by atoms with Gasteiger partial charge in [0.25, 0.3) is 0 Å². The van der Waals surface area contributed by atoms with Crippen LogP contribution < -0.4 is 5.32 Å². The Hall–Kier alpha value is -1.60. The summed E-state index contributed by atoms with van der Waals surface area (Å²) in [6, 6.07) is 0. The van der Waals surface area contributed by atoms with Crippen molar-refractivity contribution < 1.29 is 18.0 Å². The summed E-state index contributed by atoms with van der Waals surface area (Å²) < 4.78 is 37.9. The molecular weight excluding hydrogens is 261 g/mol. The Morgan fingerprint density at radius 3 is 2.74 bits per heavy atom. The van der Waals surface area contributed by atoms with E-state index < -0.39 is 23.9 Å². The molecule has 2 N–H and O–H groups in total. The van der Waals surface area contributed by atoms with E-state index in [9.17, 15) is 18.0 Å². The molecule has 0 aliphatic heterocycles. The van der Waals surface area contributed by atoms with Crippen LogP contribution in [-0.4, -0.2) is 27.3 Å². The second-order valence-corrected chi connectivity index (χ2v) is 4.84. The van der Waals surface area contributed by atoms with Gasteiger partial charge in [0, 0.05) is 5.92 Å². The second kappa shape index (κ2) is 5.18. The van der Waals surface area contributed by atoms with Gasteiger partial charge in [-0.25, -0.2) is 0 Å². The Kier molecular flexibility index (Phi) is 3.77. The van der Waals surface area contributed by atoms with Crippen LogP contribution in [0.4, 0.5) is 19.1 Å². The molecule has 1 saturated carbocycles. The largest absolute Gasteiger partial charge is 0.391 e. The number of carbonyl (C=O) groups is 1. The lowest BCUT2D eigenvalue weighted by molar-refractivity contribution is -0.185. The molecule has 5 nitrogen and oxygen atoms in total. The third-order valence-corrected chi connectivity index (χ3v) is 3.34. The molecule has 0 radical (unpaired) electrons. The fourth-order valence-electron chi connectivity index (χ4n) is 2.34.